The highest BCUT2D eigenvalue weighted by atomic mass is 19.4. The number of nitrogens with zero attached hydrogens (tertiary/aromatic N) is 3. The fourth-order valence-corrected chi connectivity index (χ4v) is 4.41. The molecule has 170 valence electrons. The van der Waals surface area contributed by atoms with E-state index in [1.807, 2.05) is 49.4 Å². The van der Waals surface area contributed by atoms with Crippen LogP contribution in [0.25, 0.3) is 0 Å². The molecule has 1 aromatic heterocycles. The van der Waals surface area contributed by atoms with E-state index in [1.165, 1.54) is 11.6 Å². The summed E-state index contributed by atoms with van der Waals surface area (Å²) in [6, 6.07) is 22.2. The van der Waals surface area contributed by atoms with Gasteiger partial charge in [-0.05, 0) is 36.2 Å². The number of aromatic nitrogens is 1. The third-order valence-electron chi connectivity index (χ3n) is 6.13. The van der Waals surface area contributed by atoms with Crippen molar-refractivity contribution < 1.29 is 17.9 Å². The summed E-state index contributed by atoms with van der Waals surface area (Å²) in [5.74, 6) is 0.437. The number of benzene rings is 2. The first kappa shape index (κ1) is 22.8. The molecule has 4 rings (SSSR count). The van der Waals surface area contributed by atoms with Crippen molar-refractivity contribution in [2.75, 3.05) is 13.1 Å². The van der Waals surface area contributed by atoms with Crippen molar-refractivity contribution in [2.45, 2.75) is 31.7 Å². The third kappa shape index (κ3) is 5.52. The molecule has 3 unspecified atom stereocenters. The third-order valence-corrected chi connectivity index (χ3v) is 6.13. The first-order chi connectivity index (χ1) is 15.8. The van der Waals surface area contributed by atoms with E-state index >= 15 is 0 Å². The topological polar surface area (TPSA) is 49.1 Å². The summed E-state index contributed by atoms with van der Waals surface area (Å²) in [6.45, 7) is 4.34. The van der Waals surface area contributed by atoms with Gasteiger partial charge >= 0.3 is 6.18 Å². The maximum Gasteiger partial charge on any atom is 0.417 e. The van der Waals surface area contributed by atoms with Gasteiger partial charge in [0.15, 0.2) is 0 Å². The molecular formula is C26H24F3N3O. The molecule has 0 N–H and O–H groups in total. The highest BCUT2D eigenvalue weighted by molar-refractivity contribution is 5.34. The highest BCUT2D eigenvalue weighted by Crippen LogP contribution is 2.37. The van der Waals surface area contributed by atoms with Crippen molar-refractivity contribution in [3.8, 4) is 11.9 Å². The number of rotatable bonds is 6. The van der Waals surface area contributed by atoms with E-state index in [-0.39, 0.29) is 23.8 Å². The molecule has 1 aliphatic rings. The van der Waals surface area contributed by atoms with Crippen molar-refractivity contribution in [1.29, 1.82) is 5.26 Å². The van der Waals surface area contributed by atoms with Crippen molar-refractivity contribution in [3.63, 3.8) is 0 Å². The number of ether oxygens (including phenoxy) is 1. The molecule has 0 amide bonds. The predicted molar refractivity (Wildman–Crippen MR) is 118 cm³/mol. The number of nitriles is 1. The Morgan fingerprint density at radius 1 is 1.06 bits per heavy atom. The molecule has 0 saturated carbocycles. The zero-order chi connectivity index (χ0) is 23.4. The van der Waals surface area contributed by atoms with E-state index in [4.69, 9.17) is 10.00 Å². The minimum absolute atomic E-state index is 0.103. The molecule has 2 heterocycles. The van der Waals surface area contributed by atoms with Gasteiger partial charge in [0.2, 0.25) is 5.88 Å². The molecule has 3 aromatic rings. The van der Waals surface area contributed by atoms with E-state index in [9.17, 15) is 13.2 Å². The fourth-order valence-electron chi connectivity index (χ4n) is 4.41. The molecule has 7 heteroatoms. The number of hydrogen-bond acceptors (Lipinski definition) is 4. The van der Waals surface area contributed by atoms with Crippen LogP contribution in [-0.2, 0) is 12.7 Å². The van der Waals surface area contributed by atoms with E-state index in [0.29, 0.717) is 5.56 Å². The van der Waals surface area contributed by atoms with Crippen LogP contribution in [0.15, 0.2) is 72.9 Å². The Balaban J connectivity index is 1.53. The number of hydrogen-bond donors (Lipinski definition) is 0. The summed E-state index contributed by atoms with van der Waals surface area (Å²) in [4.78, 5) is 6.24. The van der Waals surface area contributed by atoms with Crippen LogP contribution in [0.5, 0.6) is 5.88 Å². The summed E-state index contributed by atoms with van der Waals surface area (Å²) in [7, 11) is 0. The molecule has 0 radical (unpaired) electrons. The summed E-state index contributed by atoms with van der Waals surface area (Å²) >= 11 is 0. The Morgan fingerprint density at radius 3 is 2.39 bits per heavy atom. The first-order valence-corrected chi connectivity index (χ1v) is 10.8. The smallest absolute Gasteiger partial charge is 0.417 e. The molecule has 0 aliphatic carbocycles. The van der Waals surface area contributed by atoms with Gasteiger partial charge in [0, 0.05) is 43.7 Å². The molecule has 1 aliphatic heterocycles. The normalized spacial score (nSPS) is 19.7. The van der Waals surface area contributed by atoms with Gasteiger partial charge in [-0.3, -0.25) is 4.90 Å². The van der Waals surface area contributed by atoms with Gasteiger partial charge in [0.05, 0.1) is 17.2 Å². The quantitative estimate of drug-likeness (QED) is 0.486. The fraction of sp³-hybridized carbons (Fsp3) is 0.308. The Kier molecular flexibility index (Phi) is 6.66. The lowest BCUT2D eigenvalue weighted by molar-refractivity contribution is -0.137. The van der Waals surface area contributed by atoms with E-state index in [2.05, 4.69) is 28.1 Å². The maximum absolute atomic E-state index is 12.8. The van der Waals surface area contributed by atoms with E-state index in [0.717, 1.165) is 37.5 Å². The maximum atomic E-state index is 12.8. The summed E-state index contributed by atoms with van der Waals surface area (Å²) in [5, 5.41) is 9.12. The zero-order valence-electron chi connectivity index (χ0n) is 18.2. The number of alkyl halides is 3. The van der Waals surface area contributed by atoms with Crippen LogP contribution in [0.3, 0.4) is 0 Å². The monoisotopic (exact) mass is 451 g/mol. The van der Waals surface area contributed by atoms with Crippen LogP contribution in [0.1, 0.15) is 35.1 Å². The largest absolute Gasteiger partial charge is 0.474 e. The zero-order valence-corrected chi connectivity index (χ0v) is 18.2. The van der Waals surface area contributed by atoms with Crippen LogP contribution in [-0.4, -0.2) is 29.1 Å². The van der Waals surface area contributed by atoms with Crippen LogP contribution in [0, 0.1) is 17.2 Å². The van der Waals surface area contributed by atoms with Crippen molar-refractivity contribution in [1.82, 2.24) is 9.88 Å². The molecule has 0 bridgehead atoms. The van der Waals surface area contributed by atoms with Gasteiger partial charge in [-0.1, -0.05) is 42.5 Å². The lowest BCUT2D eigenvalue weighted by Crippen LogP contribution is -2.30. The second kappa shape index (κ2) is 9.63. The standard InChI is InChI=1S/C26H24F3N3O/c1-18(33-25-12-11-22(14-31-25)26(27,28)29)23-16-32(15-20-5-3-2-4-6-20)17-24(23)21-9-7-19(13-30)8-10-21/h2-12,14,18,23-24H,15-17H2,1H3. The molecule has 1 saturated heterocycles. The van der Waals surface area contributed by atoms with Gasteiger partial charge in [-0.25, -0.2) is 4.98 Å². The van der Waals surface area contributed by atoms with Crippen LogP contribution < -0.4 is 4.74 Å². The van der Waals surface area contributed by atoms with Crippen LogP contribution in [0.2, 0.25) is 0 Å². The van der Waals surface area contributed by atoms with Crippen molar-refractivity contribution >= 4 is 0 Å². The Bertz CT molecular complexity index is 1090. The number of pyridine rings is 1. The minimum Gasteiger partial charge on any atom is -0.474 e. The van der Waals surface area contributed by atoms with Gasteiger partial charge in [-0.2, -0.15) is 18.4 Å². The van der Waals surface area contributed by atoms with Crippen LogP contribution >= 0.6 is 0 Å². The van der Waals surface area contributed by atoms with Crippen molar-refractivity contribution in [3.05, 3.63) is 95.2 Å². The molecule has 3 atom stereocenters. The number of likely N-dealkylation sites (tertiary alicyclic amines) is 1. The average Bonchev–Trinajstić information content (AvgIpc) is 3.23. The van der Waals surface area contributed by atoms with Gasteiger partial charge in [0.25, 0.3) is 0 Å². The Morgan fingerprint density at radius 2 is 1.79 bits per heavy atom. The second-order valence-corrected chi connectivity index (χ2v) is 8.39. The molecule has 4 nitrogen and oxygen atoms in total. The Hall–Kier alpha value is -3.37. The predicted octanol–water partition coefficient (Wildman–Crippen LogP) is 5.66. The lowest BCUT2D eigenvalue weighted by atomic mass is 9.85. The van der Waals surface area contributed by atoms with Gasteiger partial charge in [0.1, 0.15) is 6.10 Å². The molecular weight excluding hydrogens is 427 g/mol. The molecule has 2 aromatic carbocycles. The summed E-state index contributed by atoms with van der Waals surface area (Å²) < 4.78 is 44.5. The van der Waals surface area contributed by atoms with E-state index < -0.39 is 11.7 Å². The second-order valence-electron chi connectivity index (χ2n) is 8.39. The minimum atomic E-state index is -4.43. The number of halogens is 3. The average molecular weight is 451 g/mol. The van der Waals surface area contributed by atoms with Crippen molar-refractivity contribution in [2.24, 2.45) is 5.92 Å². The first-order valence-electron chi connectivity index (χ1n) is 10.8. The lowest BCUT2D eigenvalue weighted by Gasteiger charge is -2.26. The summed E-state index contributed by atoms with van der Waals surface area (Å²) in [5.41, 5.74) is 2.14. The summed E-state index contributed by atoms with van der Waals surface area (Å²) in [6.07, 6.45) is -3.90. The SMILES string of the molecule is CC(Oc1ccc(C(F)(F)F)cn1)C1CN(Cc2ccccc2)CC1c1ccc(C#N)cc1. The molecule has 33 heavy (non-hydrogen) atoms. The van der Waals surface area contributed by atoms with Gasteiger partial charge in [-0.15, -0.1) is 0 Å². The Labute approximate surface area is 191 Å². The van der Waals surface area contributed by atoms with Gasteiger partial charge < -0.3 is 4.74 Å². The molecule has 1 fully saturated rings. The van der Waals surface area contributed by atoms with E-state index in [1.54, 1.807) is 0 Å². The van der Waals surface area contributed by atoms with Crippen LogP contribution in [0.4, 0.5) is 13.2 Å². The highest BCUT2D eigenvalue weighted by Gasteiger charge is 2.38. The molecule has 0 spiro atoms.